The SMILES string of the molecule is CC(C)(C)[C@H](NC(=O)n1c(=O)n(Cc2ccc(F)cc2)c2ccccc21)C(=O)NC(=O)CN. The van der Waals surface area contributed by atoms with Crippen molar-refractivity contribution in [3.05, 3.63) is 70.4 Å². The molecule has 9 nitrogen and oxygen atoms in total. The fourth-order valence-corrected chi connectivity index (χ4v) is 3.45. The van der Waals surface area contributed by atoms with Crippen LogP contribution >= 0.6 is 0 Å². The molecule has 0 fully saturated rings. The molecule has 0 saturated heterocycles. The van der Waals surface area contributed by atoms with Crippen LogP contribution in [0.5, 0.6) is 0 Å². The van der Waals surface area contributed by atoms with Crippen molar-refractivity contribution in [2.75, 3.05) is 6.54 Å². The Morgan fingerprint density at radius 1 is 1.03 bits per heavy atom. The number of nitrogens with zero attached hydrogens (tertiary/aromatic N) is 2. The van der Waals surface area contributed by atoms with Crippen LogP contribution in [0.25, 0.3) is 11.0 Å². The zero-order valence-electron chi connectivity index (χ0n) is 18.6. The van der Waals surface area contributed by atoms with Crippen molar-refractivity contribution in [1.82, 2.24) is 19.8 Å². The molecule has 0 aliphatic rings. The van der Waals surface area contributed by atoms with Crippen LogP contribution in [0, 0.1) is 11.2 Å². The Bertz CT molecular complexity index is 1250. The third kappa shape index (κ3) is 5.17. The number of imide groups is 1. The van der Waals surface area contributed by atoms with Crippen LogP contribution in [0.4, 0.5) is 9.18 Å². The first-order valence-corrected chi connectivity index (χ1v) is 10.3. The minimum absolute atomic E-state index is 0.119. The van der Waals surface area contributed by atoms with Gasteiger partial charge in [0.15, 0.2) is 0 Å². The summed E-state index contributed by atoms with van der Waals surface area (Å²) in [5.74, 6) is -1.81. The number of para-hydroxylation sites is 2. The summed E-state index contributed by atoms with van der Waals surface area (Å²) in [6.45, 7) is 4.88. The van der Waals surface area contributed by atoms with E-state index in [1.807, 2.05) is 0 Å². The van der Waals surface area contributed by atoms with E-state index in [0.29, 0.717) is 16.6 Å². The van der Waals surface area contributed by atoms with Gasteiger partial charge in [-0.25, -0.2) is 18.5 Å². The van der Waals surface area contributed by atoms with Gasteiger partial charge in [-0.1, -0.05) is 45.0 Å². The van der Waals surface area contributed by atoms with Crippen molar-refractivity contribution < 1.29 is 18.8 Å². The lowest BCUT2D eigenvalue weighted by Gasteiger charge is -2.29. The molecule has 1 atom stereocenters. The van der Waals surface area contributed by atoms with Crippen molar-refractivity contribution in [3.63, 3.8) is 0 Å². The Labute approximate surface area is 189 Å². The molecule has 33 heavy (non-hydrogen) atoms. The van der Waals surface area contributed by atoms with E-state index in [0.717, 1.165) is 4.57 Å². The van der Waals surface area contributed by atoms with E-state index >= 15 is 0 Å². The molecule has 0 aliphatic carbocycles. The number of fused-ring (bicyclic) bond motifs is 1. The largest absolute Gasteiger partial charge is 0.337 e. The van der Waals surface area contributed by atoms with Gasteiger partial charge >= 0.3 is 11.7 Å². The molecule has 2 aromatic carbocycles. The predicted octanol–water partition coefficient (Wildman–Crippen LogP) is 1.56. The highest BCUT2D eigenvalue weighted by Gasteiger charge is 2.34. The number of rotatable bonds is 5. The number of aromatic nitrogens is 2. The van der Waals surface area contributed by atoms with E-state index < -0.39 is 40.8 Å². The maximum absolute atomic E-state index is 13.3. The predicted molar refractivity (Wildman–Crippen MR) is 121 cm³/mol. The third-order valence-corrected chi connectivity index (χ3v) is 5.14. The first-order valence-electron chi connectivity index (χ1n) is 10.3. The molecule has 3 amide bonds. The number of halogens is 1. The van der Waals surface area contributed by atoms with E-state index in [1.165, 1.54) is 16.7 Å². The molecule has 3 rings (SSSR count). The smallest absolute Gasteiger partial charge is 0.325 e. The number of nitrogens with two attached hydrogens (primary N) is 1. The number of imidazole rings is 1. The lowest BCUT2D eigenvalue weighted by Crippen LogP contribution is -2.56. The maximum Gasteiger partial charge on any atom is 0.337 e. The van der Waals surface area contributed by atoms with Crippen molar-refractivity contribution in [2.24, 2.45) is 11.1 Å². The average molecular weight is 455 g/mol. The van der Waals surface area contributed by atoms with Crippen LogP contribution in [-0.4, -0.2) is 39.6 Å². The second kappa shape index (κ2) is 9.37. The quantitative estimate of drug-likeness (QED) is 0.538. The third-order valence-electron chi connectivity index (χ3n) is 5.14. The van der Waals surface area contributed by atoms with Crippen molar-refractivity contribution in [2.45, 2.75) is 33.4 Å². The number of hydrogen-bond acceptors (Lipinski definition) is 5. The number of amides is 3. The molecular weight excluding hydrogens is 429 g/mol. The Morgan fingerprint density at radius 3 is 2.21 bits per heavy atom. The van der Waals surface area contributed by atoms with Gasteiger partial charge in [-0.3, -0.25) is 19.5 Å². The monoisotopic (exact) mass is 455 g/mol. The number of carbonyl (C=O) groups is 3. The molecule has 0 aliphatic heterocycles. The van der Waals surface area contributed by atoms with Gasteiger partial charge in [-0.2, -0.15) is 0 Å². The van der Waals surface area contributed by atoms with Crippen molar-refractivity contribution in [3.8, 4) is 0 Å². The Balaban J connectivity index is 2.00. The maximum atomic E-state index is 13.3. The lowest BCUT2D eigenvalue weighted by molar-refractivity contribution is -0.132. The molecule has 1 aromatic heterocycles. The highest BCUT2D eigenvalue weighted by atomic mass is 19.1. The van der Waals surface area contributed by atoms with Crippen LogP contribution in [0.3, 0.4) is 0 Å². The first kappa shape index (κ1) is 23.9. The topological polar surface area (TPSA) is 128 Å². The fourth-order valence-electron chi connectivity index (χ4n) is 3.45. The van der Waals surface area contributed by atoms with Gasteiger partial charge in [0.2, 0.25) is 11.8 Å². The second-order valence-corrected chi connectivity index (χ2v) is 8.68. The molecular formula is C23H26FN5O4. The van der Waals surface area contributed by atoms with Crippen molar-refractivity contribution in [1.29, 1.82) is 0 Å². The summed E-state index contributed by atoms with van der Waals surface area (Å²) >= 11 is 0. The summed E-state index contributed by atoms with van der Waals surface area (Å²) in [7, 11) is 0. The molecule has 174 valence electrons. The van der Waals surface area contributed by atoms with Gasteiger partial charge in [0.25, 0.3) is 0 Å². The Hall–Kier alpha value is -3.79. The van der Waals surface area contributed by atoms with Gasteiger partial charge < -0.3 is 11.1 Å². The molecule has 0 radical (unpaired) electrons. The molecule has 0 spiro atoms. The minimum atomic E-state index is -1.12. The van der Waals surface area contributed by atoms with Gasteiger partial charge in [0, 0.05) is 0 Å². The highest BCUT2D eigenvalue weighted by molar-refractivity contribution is 6.00. The fraction of sp³-hybridized carbons (Fsp3) is 0.304. The number of benzene rings is 2. The summed E-state index contributed by atoms with van der Waals surface area (Å²) < 4.78 is 15.6. The van der Waals surface area contributed by atoms with Gasteiger partial charge in [0.05, 0.1) is 24.1 Å². The zero-order valence-corrected chi connectivity index (χ0v) is 18.6. The number of hydrogen-bond donors (Lipinski definition) is 3. The molecule has 1 heterocycles. The molecule has 0 unspecified atom stereocenters. The zero-order chi connectivity index (χ0) is 24.3. The van der Waals surface area contributed by atoms with Crippen LogP contribution in [-0.2, 0) is 16.1 Å². The summed E-state index contributed by atoms with van der Waals surface area (Å²) in [6, 6.07) is 10.5. The lowest BCUT2D eigenvalue weighted by atomic mass is 9.86. The summed E-state index contributed by atoms with van der Waals surface area (Å²) in [6.07, 6.45) is 0. The second-order valence-electron chi connectivity index (χ2n) is 8.68. The normalized spacial score (nSPS) is 12.4. The average Bonchev–Trinajstić information content (AvgIpc) is 3.03. The molecule has 10 heteroatoms. The van der Waals surface area contributed by atoms with E-state index in [4.69, 9.17) is 5.73 Å². The highest BCUT2D eigenvalue weighted by Crippen LogP contribution is 2.20. The number of nitrogens with one attached hydrogen (secondary N) is 2. The first-order chi connectivity index (χ1) is 15.5. The van der Waals surface area contributed by atoms with E-state index in [9.17, 15) is 23.6 Å². The van der Waals surface area contributed by atoms with Gasteiger partial charge in [-0.15, -0.1) is 0 Å². The van der Waals surface area contributed by atoms with E-state index in [2.05, 4.69) is 10.6 Å². The molecule has 4 N–H and O–H groups in total. The summed E-state index contributed by atoms with van der Waals surface area (Å²) in [5, 5.41) is 4.72. The summed E-state index contributed by atoms with van der Waals surface area (Å²) in [5.41, 5.74) is 5.38. The molecule has 0 bridgehead atoms. The Kier molecular flexibility index (Phi) is 6.78. The van der Waals surface area contributed by atoms with Crippen LogP contribution in [0.2, 0.25) is 0 Å². The van der Waals surface area contributed by atoms with Crippen LogP contribution in [0.1, 0.15) is 26.3 Å². The number of carbonyl (C=O) groups excluding carboxylic acids is 3. The van der Waals surface area contributed by atoms with E-state index in [1.54, 1.807) is 57.2 Å². The molecule has 0 saturated carbocycles. The van der Waals surface area contributed by atoms with Crippen LogP contribution in [0.15, 0.2) is 53.3 Å². The van der Waals surface area contributed by atoms with Gasteiger partial charge in [-0.05, 0) is 35.2 Å². The van der Waals surface area contributed by atoms with E-state index in [-0.39, 0.29) is 13.1 Å². The van der Waals surface area contributed by atoms with Gasteiger partial charge in [0.1, 0.15) is 11.9 Å². The van der Waals surface area contributed by atoms with Crippen molar-refractivity contribution >= 4 is 28.9 Å². The van der Waals surface area contributed by atoms with Crippen LogP contribution < -0.4 is 22.1 Å². The molecule has 3 aromatic rings. The Morgan fingerprint density at radius 2 is 1.64 bits per heavy atom. The minimum Gasteiger partial charge on any atom is -0.325 e. The summed E-state index contributed by atoms with van der Waals surface area (Å²) in [4.78, 5) is 50.7. The standard InChI is InChI=1S/C23H26FN5O4/c1-23(2,3)19(20(31)26-18(30)12-25)27-21(32)29-17-7-5-4-6-16(17)28(22(29)33)13-14-8-10-15(24)11-9-14/h4-11,19H,12-13,25H2,1-3H3,(H,27,32)(H,26,30,31)/t19-/m1/s1.